The molecule has 202 valence electrons. The van der Waals surface area contributed by atoms with E-state index in [9.17, 15) is 15.3 Å². The summed E-state index contributed by atoms with van der Waals surface area (Å²) >= 11 is 0. The Balaban J connectivity index is 1.67. The maximum absolute atomic E-state index is 13.1. The number of anilines is 1. The lowest BCUT2D eigenvalue weighted by atomic mass is 9.80. The van der Waals surface area contributed by atoms with Crippen LogP contribution in [0, 0.1) is 42.4 Å². The minimum Gasteiger partial charge on any atom is -0.390 e. The lowest BCUT2D eigenvalue weighted by Gasteiger charge is -2.37. The van der Waals surface area contributed by atoms with E-state index >= 15 is 0 Å². The van der Waals surface area contributed by atoms with Crippen LogP contribution in [0.2, 0.25) is 0 Å². The molecule has 0 saturated heterocycles. The summed E-state index contributed by atoms with van der Waals surface area (Å²) < 4.78 is 1.42. The predicted molar refractivity (Wildman–Crippen MR) is 152 cm³/mol. The molecule has 0 unspecified atom stereocenters. The number of nitrogens with zero attached hydrogens (tertiary/aromatic N) is 7. The fourth-order valence-electron chi connectivity index (χ4n) is 5.31. The van der Waals surface area contributed by atoms with Crippen LogP contribution >= 0.6 is 0 Å². The van der Waals surface area contributed by atoms with Crippen LogP contribution < -0.4 is 10.5 Å². The van der Waals surface area contributed by atoms with E-state index in [4.69, 9.17) is 4.84 Å². The monoisotopic (exact) mass is 525 g/mol. The summed E-state index contributed by atoms with van der Waals surface area (Å²) in [6.45, 7) is 9.92. The number of rotatable bonds is 5. The maximum atomic E-state index is 13.1. The zero-order chi connectivity index (χ0) is 28.5. The number of hydrogen-bond donors (Lipinski definition) is 0. The molecule has 0 bridgehead atoms. The Morgan fingerprint density at radius 1 is 1.08 bits per heavy atom. The zero-order valence-electron chi connectivity index (χ0n) is 23.7. The average molecular weight is 526 g/mol. The summed E-state index contributed by atoms with van der Waals surface area (Å²) in [7, 11) is 3.53. The molecule has 0 amide bonds. The summed E-state index contributed by atoms with van der Waals surface area (Å²) in [4.78, 5) is 30.1. The van der Waals surface area contributed by atoms with Gasteiger partial charge in [0.1, 0.15) is 34.5 Å². The van der Waals surface area contributed by atoms with Gasteiger partial charge in [-0.2, -0.15) is 10.5 Å². The molecule has 9 heteroatoms. The molecule has 0 N–H and O–H groups in total. The Hall–Kier alpha value is -4.24. The van der Waals surface area contributed by atoms with Crippen LogP contribution in [-0.2, 0) is 11.9 Å². The number of nitriles is 2. The van der Waals surface area contributed by atoms with Crippen LogP contribution in [0.5, 0.6) is 0 Å². The van der Waals surface area contributed by atoms with Gasteiger partial charge in [-0.25, -0.2) is 4.98 Å². The largest absolute Gasteiger partial charge is 0.390 e. The summed E-state index contributed by atoms with van der Waals surface area (Å²) in [6, 6.07) is 11.6. The van der Waals surface area contributed by atoms with E-state index < -0.39 is 5.60 Å². The van der Waals surface area contributed by atoms with E-state index in [0.29, 0.717) is 16.7 Å². The van der Waals surface area contributed by atoms with E-state index in [1.807, 2.05) is 52.6 Å². The molecule has 3 heterocycles. The van der Waals surface area contributed by atoms with Crippen molar-refractivity contribution in [2.45, 2.75) is 71.9 Å². The molecule has 3 aromatic rings. The summed E-state index contributed by atoms with van der Waals surface area (Å²) in [6.07, 6.45) is 3.37. The second-order valence-electron chi connectivity index (χ2n) is 11.3. The van der Waals surface area contributed by atoms with E-state index in [1.165, 1.54) is 4.57 Å². The Kier molecular flexibility index (Phi) is 7.74. The minimum absolute atomic E-state index is 0.0411. The topological polar surface area (TPSA) is 120 Å². The van der Waals surface area contributed by atoms with E-state index in [1.54, 1.807) is 19.2 Å². The highest BCUT2D eigenvalue weighted by Crippen LogP contribution is 2.35. The van der Waals surface area contributed by atoms with Crippen molar-refractivity contribution in [3.05, 3.63) is 62.8 Å². The van der Waals surface area contributed by atoms with Crippen LogP contribution in [-0.4, -0.2) is 38.9 Å². The Bertz CT molecular complexity index is 1580. The first-order chi connectivity index (χ1) is 18.4. The number of fused-ring (bicyclic) bond motifs is 1. The van der Waals surface area contributed by atoms with Crippen molar-refractivity contribution in [1.29, 1.82) is 10.5 Å². The predicted octanol–water partition coefficient (Wildman–Crippen LogP) is 4.90. The number of aromatic nitrogens is 3. The number of pyridine rings is 3. The standard InChI is InChI=1S/C30H35N7O2/c1-18-8-14-23(19(2)33-18)26(35-39-30(3,4)5)20-9-12-22(13-10-20)36(6)28-24(17-32)29(38)37(7)25-15-11-21(16-31)34-27(25)28/h8,11,14-15,20,22H,9-10,12-13H2,1-7H3/b35-26-. The van der Waals surface area contributed by atoms with Gasteiger partial charge in [0.05, 0.1) is 16.9 Å². The molecule has 4 rings (SSSR count). The number of oxime groups is 1. The van der Waals surface area contributed by atoms with Gasteiger partial charge in [0, 0.05) is 43.0 Å². The lowest BCUT2D eigenvalue weighted by molar-refractivity contribution is -0.0000426. The molecule has 1 aliphatic carbocycles. The molecule has 9 nitrogen and oxygen atoms in total. The van der Waals surface area contributed by atoms with Crippen LogP contribution in [0.3, 0.4) is 0 Å². The smallest absolute Gasteiger partial charge is 0.270 e. The Morgan fingerprint density at radius 2 is 1.77 bits per heavy atom. The zero-order valence-corrected chi connectivity index (χ0v) is 23.7. The summed E-state index contributed by atoms with van der Waals surface area (Å²) in [5.74, 6) is 0.180. The molecule has 0 atom stereocenters. The summed E-state index contributed by atoms with van der Waals surface area (Å²) in [5, 5.41) is 24.0. The van der Waals surface area contributed by atoms with Crippen molar-refractivity contribution in [1.82, 2.24) is 14.5 Å². The van der Waals surface area contributed by atoms with Crippen LogP contribution in [0.15, 0.2) is 34.2 Å². The first-order valence-electron chi connectivity index (χ1n) is 13.2. The molecular formula is C30H35N7O2. The molecule has 0 spiro atoms. The third kappa shape index (κ3) is 5.63. The number of aryl methyl sites for hydroxylation is 3. The van der Waals surface area contributed by atoms with E-state index in [2.05, 4.69) is 33.3 Å². The van der Waals surface area contributed by atoms with Gasteiger partial charge in [-0.15, -0.1) is 0 Å². The van der Waals surface area contributed by atoms with Crippen molar-refractivity contribution in [2.24, 2.45) is 18.1 Å². The van der Waals surface area contributed by atoms with Crippen molar-refractivity contribution in [3.8, 4) is 12.1 Å². The van der Waals surface area contributed by atoms with Gasteiger partial charge in [-0.05, 0) is 84.6 Å². The number of hydrogen-bond acceptors (Lipinski definition) is 8. The highest BCUT2D eigenvalue weighted by molar-refractivity contribution is 6.03. The van der Waals surface area contributed by atoms with Crippen LogP contribution in [0.4, 0.5) is 5.69 Å². The highest BCUT2D eigenvalue weighted by Gasteiger charge is 2.32. The van der Waals surface area contributed by atoms with Crippen molar-refractivity contribution < 1.29 is 4.84 Å². The van der Waals surface area contributed by atoms with Crippen LogP contribution in [0.1, 0.15) is 74.7 Å². The molecule has 1 saturated carbocycles. The van der Waals surface area contributed by atoms with Crippen LogP contribution in [0.25, 0.3) is 11.0 Å². The van der Waals surface area contributed by atoms with Gasteiger partial charge in [-0.3, -0.25) is 9.78 Å². The van der Waals surface area contributed by atoms with Crippen molar-refractivity contribution in [3.63, 3.8) is 0 Å². The van der Waals surface area contributed by atoms with Gasteiger partial charge in [0.15, 0.2) is 0 Å². The van der Waals surface area contributed by atoms with Gasteiger partial charge in [-0.1, -0.05) is 5.16 Å². The third-order valence-corrected chi connectivity index (χ3v) is 7.34. The van der Waals surface area contributed by atoms with E-state index in [0.717, 1.165) is 48.3 Å². The fraction of sp³-hybridized carbons (Fsp3) is 0.467. The first kappa shape index (κ1) is 27.8. The lowest BCUT2D eigenvalue weighted by Crippen LogP contribution is -2.39. The second kappa shape index (κ2) is 10.9. The molecule has 3 aromatic heterocycles. The van der Waals surface area contributed by atoms with Gasteiger partial charge in [0.2, 0.25) is 0 Å². The van der Waals surface area contributed by atoms with Crippen molar-refractivity contribution >= 4 is 22.4 Å². The van der Waals surface area contributed by atoms with Gasteiger partial charge < -0.3 is 14.3 Å². The molecule has 1 aliphatic rings. The highest BCUT2D eigenvalue weighted by atomic mass is 16.6. The molecule has 1 fully saturated rings. The SMILES string of the molecule is Cc1ccc(/C(=N\OC(C)(C)C)C2CCC(N(C)c3c(C#N)c(=O)n(C)c4ccc(C#N)nc34)CC2)c(C)n1. The maximum Gasteiger partial charge on any atom is 0.270 e. The van der Waals surface area contributed by atoms with Gasteiger partial charge in [0.25, 0.3) is 5.56 Å². The third-order valence-electron chi connectivity index (χ3n) is 7.34. The van der Waals surface area contributed by atoms with E-state index in [-0.39, 0.29) is 28.8 Å². The molecule has 0 radical (unpaired) electrons. The van der Waals surface area contributed by atoms with Gasteiger partial charge >= 0.3 is 0 Å². The Labute approximate surface area is 229 Å². The van der Waals surface area contributed by atoms with Crippen molar-refractivity contribution in [2.75, 3.05) is 11.9 Å². The molecule has 0 aromatic carbocycles. The summed E-state index contributed by atoms with van der Waals surface area (Å²) in [5.41, 5.74) is 4.84. The minimum atomic E-state index is -0.418. The normalized spacial score (nSPS) is 17.9. The first-order valence-corrected chi connectivity index (χ1v) is 13.2. The second-order valence-corrected chi connectivity index (χ2v) is 11.3. The molecular weight excluding hydrogens is 490 g/mol. The molecule has 0 aliphatic heterocycles. The quantitative estimate of drug-likeness (QED) is 0.343. The average Bonchev–Trinajstić information content (AvgIpc) is 2.90. The molecule has 39 heavy (non-hydrogen) atoms. The fourth-order valence-corrected chi connectivity index (χ4v) is 5.31. The Morgan fingerprint density at radius 3 is 2.36 bits per heavy atom.